The average molecular weight is 293 g/mol. The molecule has 0 spiro atoms. The Hall–Kier alpha value is -0.830. The Morgan fingerprint density at radius 1 is 1.00 bits per heavy atom. The second kappa shape index (κ2) is 9.99. The lowest BCUT2D eigenvalue weighted by molar-refractivity contribution is 0.510. The first-order chi connectivity index (χ1) is 10.2. The van der Waals surface area contributed by atoms with Crippen LogP contribution in [0.15, 0.2) is 0 Å². The van der Waals surface area contributed by atoms with Crippen molar-refractivity contribution in [2.45, 2.75) is 91.6 Å². The van der Waals surface area contributed by atoms with Crippen LogP contribution in [0, 0.1) is 0 Å². The van der Waals surface area contributed by atoms with Crippen LogP contribution in [0.4, 0.5) is 0 Å². The van der Waals surface area contributed by atoms with Crippen LogP contribution in [0.2, 0.25) is 0 Å². The van der Waals surface area contributed by atoms with E-state index >= 15 is 0 Å². The standard InChI is InChI=1S/C18H35N3/c1-6-9-10-11-12-13-14-21-17(8-3)18(15(4)19-5)16(7-2)20-21/h15,19H,6-14H2,1-5H3. The normalized spacial score (nSPS) is 12.8. The van der Waals surface area contributed by atoms with E-state index in [-0.39, 0.29) is 0 Å². The Bertz CT molecular complexity index is 395. The summed E-state index contributed by atoms with van der Waals surface area (Å²) in [6.07, 6.45) is 10.2. The summed E-state index contributed by atoms with van der Waals surface area (Å²) in [6.45, 7) is 10.1. The predicted octanol–water partition coefficient (Wildman–Crippen LogP) is 4.65. The molecule has 122 valence electrons. The number of rotatable bonds is 11. The van der Waals surface area contributed by atoms with Crippen molar-refractivity contribution in [2.24, 2.45) is 0 Å². The van der Waals surface area contributed by atoms with E-state index in [0.717, 1.165) is 19.4 Å². The molecule has 0 aliphatic heterocycles. The molecule has 0 amide bonds. The molecule has 3 heteroatoms. The lowest BCUT2D eigenvalue weighted by atomic mass is 10.0. The van der Waals surface area contributed by atoms with E-state index < -0.39 is 0 Å². The molecule has 0 aromatic carbocycles. The minimum atomic E-state index is 0.396. The largest absolute Gasteiger partial charge is 0.313 e. The molecule has 0 saturated carbocycles. The molecular weight excluding hydrogens is 258 g/mol. The van der Waals surface area contributed by atoms with Gasteiger partial charge in [0.1, 0.15) is 0 Å². The van der Waals surface area contributed by atoms with Crippen LogP contribution in [0.3, 0.4) is 0 Å². The highest BCUT2D eigenvalue weighted by atomic mass is 15.3. The fraction of sp³-hybridized carbons (Fsp3) is 0.833. The van der Waals surface area contributed by atoms with Crippen LogP contribution in [0.5, 0.6) is 0 Å². The first-order valence-corrected chi connectivity index (χ1v) is 8.95. The Labute approximate surface area is 131 Å². The zero-order valence-electron chi connectivity index (χ0n) is 14.8. The van der Waals surface area contributed by atoms with Gasteiger partial charge in [-0.25, -0.2) is 0 Å². The maximum Gasteiger partial charge on any atom is 0.0672 e. The SMILES string of the molecule is CCCCCCCCn1nc(CC)c(C(C)NC)c1CC. The van der Waals surface area contributed by atoms with Crippen molar-refractivity contribution in [2.75, 3.05) is 7.05 Å². The highest BCUT2D eigenvalue weighted by Gasteiger charge is 2.19. The van der Waals surface area contributed by atoms with Gasteiger partial charge >= 0.3 is 0 Å². The van der Waals surface area contributed by atoms with Crippen molar-refractivity contribution in [1.82, 2.24) is 15.1 Å². The van der Waals surface area contributed by atoms with Crippen LogP contribution < -0.4 is 5.32 Å². The lowest BCUT2D eigenvalue weighted by Crippen LogP contribution is -2.15. The highest BCUT2D eigenvalue weighted by Crippen LogP contribution is 2.24. The molecule has 1 aromatic heterocycles. The van der Waals surface area contributed by atoms with E-state index in [1.165, 1.54) is 55.5 Å². The number of unbranched alkanes of at least 4 members (excludes halogenated alkanes) is 5. The van der Waals surface area contributed by atoms with E-state index in [4.69, 9.17) is 5.10 Å². The summed E-state index contributed by atoms with van der Waals surface area (Å²) in [4.78, 5) is 0. The summed E-state index contributed by atoms with van der Waals surface area (Å²) in [6, 6.07) is 0.396. The van der Waals surface area contributed by atoms with Gasteiger partial charge in [-0.3, -0.25) is 4.68 Å². The molecule has 0 bridgehead atoms. The number of nitrogens with zero attached hydrogens (tertiary/aromatic N) is 2. The molecular formula is C18H35N3. The minimum absolute atomic E-state index is 0.396. The van der Waals surface area contributed by atoms with Gasteiger partial charge in [-0.1, -0.05) is 52.9 Å². The van der Waals surface area contributed by atoms with Crippen molar-refractivity contribution in [3.63, 3.8) is 0 Å². The Balaban J connectivity index is 2.67. The van der Waals surface area contributed by atoms with Gasteiger partial charge in [0.25, 0.3) is 0 Å². The molecule has 3 nitrogen and oxygen atoms in total. The minimum Gasteiger partial charge on any atom is -0.313 e. The third kappa shape index (κ3) is 5.14. The van der Waals surface area contributed by atoms with E-state index in [0.29, 0.717) is 6.04 Å². The molecule has 1 heterocycles. The smallest absolute Gasteiger partial charge is 0.0672 e. The maximum atomic E-state index is 4.88. The number of aryl methyl sites for hydroxylation is 2. The molecule has 0 aliphatic rings. The van der Waals surface area contributed by atoms with Gasteiger partial charge in [0.05, 0.1) is 5.69 Å². The summed E-state index contributed by atoms with van der Waals surface area (Å²) < 4.78 is 2.28. The monoisotopic (exact) mass is 293 g/mol. The first kappa shape index (κ1) is 18.2. The molecule has 1 atom stereocenters. The molecule has 1 N–H and O–H groups in total. The van der Waals surface area contributed by atoms with Gasteiger partial charge in [-0.15, -0.1) is 0 Å². The maximum absolute atomic E-state index is 4.88. The second-order valence-electron chi connectivity index (χ2n) is 6.02. The van der Waals surface area contributed by atoms with Gasteiger partial charge in [0.2, 0.25) is 0 Å². The number of hydrogen-bond acceptors (Lipinski definition) is 2. The van der Waals surface area contributed by atoms with Gasteiger partial charge in [-0.05, 0) is 33.2 Å². The fourth-order valence-corrected chi connectivity index (χ4v) is 3.07. The van der Waals surface area contributed by atoms with E-state index in [1.807, 2.05) is 7.05 Å². The second-order valence-corrected chi connectivity index (χ2v) is 6.02. The molecule has 1 rings (SSSR count). The van der Waals surface area contributed by atoms with E-state index in [9.17, 15) is 0 Å². The van der Waals surface area contributed by atoms with Gasteiger partial charge in [-0.2, -0.15) is 5.10 Å². The van der Waals surface area contributed by atoms with Crippen LogP contribution >= 0.6 is 0 Å². The molecule has 0 saturated heterocycles. The lowest BCUT2D eigenvalue weighted by Gasteiger charge is -2.13. The Morgan fingerprint density at radius 3 is 2.24 bits per heavy atom. The average Bonchev–Trinajstić information content (AvgIpc) is 2.87. The fourth-order valence-electron chi connectivity index (χ4n) is 3.07. The third-order valence-electron chi connectivity index (χ3n) is 4.43. The first-order valence-electron chi connectivity index (χ1n) is 8.95. The predicted molar refractivity (Wildman–Crippen MR) is 91.8 cm³/mol. The van der Waals surface area contributed by atoms with Crippen molar-refractivity contribution in [1.29, 1.82) is 0 Å². The van der Waals surface area contributed by atoms with Crippen LogP contribution in [-0.4, -0.2) is 16.8 Å². The summed E-state index contributed by atoms with van der Waals surface area (Å²) in [5, 5.41) is 8.26. The van der Waals surface area contributed by atoms with Crippen molar-refractivity contribution in [3.8, 4) is 0 Å². The molecule has 0 aliphatic carbocycles. The number of hydrogen-bond donors (Lipinski definition) is 1. The van der Waals surface area contributed by atoms with Crippen molar-refractivity contribution in [3.05, 3.63) is 17.0 Å². The Morgan fingerprint density at radius 2 is 1.67 bits per heavy atom. The third-order valence-corrected chi connectivity index (χ3v) is 4.43. The molecule has 1 aromatic rings. The van der Waals surface area contributed by atoms with E-state index in [2.05, 4.69) is 37.7 Å². The van der Waals surface area contributed by atoms with E-state index in [1.54, 1.807) is 0 Å². The van der Waals surface area contributed by atoms with Crippen molar-refractivity contribution >= 4 is 0 Å². The number of aromatic nitrogens is 2. The van der Waals surface area contributed by atoms with Gasteiger partial charge in [0.15, 0.2) is 0 Å². The van der Waals surface area contributed by atoms with Gasteiger partial charge in [0, 0.05) is 23.8 Å². The summed E-state index contributed by atoms with van der Waals surface area (Å²) in [5.74, 6) is 0. The highest BCUT2D eigenvalue weighted by molar-refractivity contribution is 5.30. The van der Waals surface area contributed by atoms with Crippen LogP contribution in [0.1, 0.15) is 89.2 Å². The van der Waals surface area contributed by atoms with Crippen LogP contribution in [-0.2, 0) is 19.4 Å². The zero-order valence-corrected chi connectivity index (χ0v) is 14.8. The number of nitrogens with one attached hydrogen (secondary N) is 1. The van der Waals surface area contributed by atoms with Gasteiger partial charge < -0.3 is 5.32 Å². The zero-order chi connectivity index (χ0) is 15.7. The van der Waals surface area contributed by atoms with Crippen molar-refractivity contribution < 1.29 is 0 Å². The summed E-state index contributed by atoms with van der Waals surface area (Å²) in [7, 11) is 2.04. The topological polar surface area (TPSA) is 29.9 Å². The Kier molecular flexibility index (Phi) is 8.67. The van der Waals surface area contributed by atoms with Crippen LogP contribution in [0.25, 0.3) is 0 Å². The summed E-state index contributed by atoms with van der Waals surface area (Å²) in [5.41, 5.74) is 4.15. The molecule has 0 radical (unpaired) electrons. The summed E-state index contributed by atoms with van der Waals surface area (Å²) >= 11 is 0. The molecule has 21 heavy (non-hydrogen) atoms. The quantitative estimate of drug-likeness (QED) is 0.602. The molecule has 0 fully saturated rings. The molecule has 1 unspecified atom stereocenters.